The second-order valence-corrected chi connectivity index (χ2v) is 8.92. The van der Waals surface area contributed by atoms with Crippen LogP contribution in [-0.4, -0.2) is 92.1 Å². The number of nitrogens with zero attached hydrogens (tertiary/aromatic N) is 4. The maximum Gasteiger partial charge on any atom is 0.191 e. The Hall–Kier alpha value is -1.63. The molecular formula is C25H44N6. The lowest BCUT2D eigenvalue weighted by Gasteiger charge is -2.34. The van der Waals surface area contributed by atoms with E-state index in [4.69, 9.17) is 4.99 Å². The Balaban J connectivity index is 1.31. The number of aliphatic imine (C=N–C) groups is 1. The smallest absolute Gasteiger partial charge is 0.191 e. The molecule has 2 fully saturated rings. The predicted octanol–water partition coefficient (Wildman–Crippen LogP) is 2.62. The van der Waals surface area contributed by atoms with Crippen LogP contribution in [0.1, 0.15) is 45.1 Å². The molecule has 2 heterocycles. The molecule has 3 rings (SSSR count). The van der Waals surface area contributed by atoms with E-state index in [0.717, 1.165) is 38.7 Å². The van der Waals surface area contributed by atoms with Gasteiger partial charge in [0, 0.05) is 64.9 Å². The largest absolute Gasteiger partial charge is 0.357 e. The molecule has 0 amide bonds. The summed E-state index contributed by atoms with van der Waals surface area (Å²) >= 11 is 0. The van der Waals surface area contributed by atoms with Crippen molar-refractivity contribution >= 4 is 5.96 Å². The molecule has 1 aromatic carbocycles. The van der Waals surface area contributed by atoms with Crippen molar-refractivity contribution in [2.45, 2.75) is 52.1 Å². The summed E-state index contributed by atoms with van der Waals surface area (Å²) in [4.78, 5) is 12.6. The molecule has 6 nitrogen and oxygen atoms in total. The van der Waals surface area contributed by atoms with Crippen LogP contribution in [0.3, 0.4) is 0 Å². The van der Waals surface area contributed by atoms with E-state index in [1.807, 2.05) is 0 Å². The van der Waals surface area contributed by atoms with Gasteiger partial charge in [-0.1, -0.05) is 37.3 Å². The lowest BCUT2D eigenvalue weighted by Crippen LogP contribution is -2.48. The third-order valence-corrected chi connectivity index (χ3v) is 6.59. The first-order chi connectivity index (χ1) is 15.3. The predicted molar refractivity (Wildman–Crippen MR) is 132 cm³/mol. The highest BCUT2D eigenvalue weighted by molar-refractivity contribution is 5.80. The van der Waals surface area contributed by atoms with Crippen molar-refractivity contribution in [1.82, 2.24) is 25.3 Å². The van der Waals surface area contributed by atoms with Crippen LogP contribution in [-0.2, 0) is 6.54 Å². The summed E-state index contributed by atoms with van der Waals surface area (Å²) in [5, 5.41) is 7.13. The van der Waals surface area contributed by atoms with Crippen LogP contribution in [0.2, 0.25) is 0 Å². The van der Waals surface area contributed by atoms with Crippen molar-refractivity contribution in [1.29, 1.82) is 0 Å². The number of piperidine rings is 1. The number of piperazine rings is 1. The van der Waals surface area contributed by atoms with Crippen LogP contribution in [0.5, 0.6) is 0 Å². The summed E-state index contributed by atoms with van der Waals surface area (Å²) in [6.07, 6.45) is 4.77. The standard InChI is InChI=1S/C25H44N6/c1-3-26-25(27-14-8-9-15-30-20-18-29(4-2)19-21-30)28-24-12-16-31(17-13-24)22-23-10-6-5-7-11-23/h5-7,10-11,24H,3-4,8-9,12-22H2,1-2H3,(H2,26,27,28). The second-order valence-electron chi connectivity index (χ2n) is 8.92. The molecule has 0 radical (unpaired) electrons. The number of benzene rings is 1. The Morgan fingerprint density at radius 2 is 1.61 bits per heavy atom. The van der Waals surface area contributed by atoms with Crippen molar-refractivity contribution < 1.29 is 0 Å². The topological polar surface area (TPSA) is 46.1 Å². The minimum Gasteiger partial charge on any atom is -0.357 e. The van der Waals surface area contributed by atoms with E-state index in [1.165, 1.54) is 70.5 Å². The van der Waals surface area contributed by atoms with Gasteiger partial charge in [-0.15, -0.1) is 0 Å². The highest BCUT2D eigenvalue weighted by Gasteiger charge is 2.20. The van der Waals surface area contributed by atoms with Crippen LogP contribution in [0.4, 0.5) is 0 Å². The quantitative estimate of drug-likeness (QED) is 0.341. The molecule has 2 N–H and O–H groups in total. The van der Waals surface area contributed by atoms with E-state index in [9.17, 15) is 0 Å². The van der Waals surface area contributed by atoms with E-state index in [-0.39, 0.29) is 0 Å². The molecule has 31 heavy (non-hydrogen) atoms. The summed E-state index contributed by atoms with van der Waals surface area (Å²) in [5.41, 5.74) is 1.41. The molecule has 0 spiro atoms. The SMILES string of the molecule is CCNC(=NCCCCN1CCN(CC)CC1)NC1CCN(Cc2ccccc2)CC1. The maximum atomic E-state index is 4.86. The fourth-order valence-electron chi connectivity index (χ4n) is 4.56. The van der Waals surface area contributed by atoms with Gasteiger partial charge in [0.2, 0.25) is 0 Å². The molecule has 0 aromatic heterocycles. The number of nitrogens with one attached hydrogen (secondary N) is 2. The van der Waals surface area contributed by atoms with Gasteiger partial charge < -0.3 is 20.4 Å². The third-order valence-electron chi connectivity index (χ3n) is 6.59. The number of unbranched alkanes of at least 4 members (excludes halogenated alkanes) is 1. The number of hydrogen-bond acceptors (Lipinski definition) is 4. The Bertz CT molecular complexity index is 618. The Kier molecular flexibility index (Phi) is 10.6. The van der Waals surface area contributed by atoms with Gasteiger partial charge in [-0.2, -0.15) is 0 Å². The molecule has 6 heteroatoms. The molecule has 1 aromatic rings. The van der Waals surface area contributed by atoms with Crippen molar-refractivity contribution in [3.8, 4) is 0 Å². The Morgan fingerprint density at radius 1 is 0.903 bits per heavy atom. The number of guanidine groups is 1. The number of likely N-dealkylation sites (tertiary alicyclic amines) is 1. The third kappa shape index (κ3) is 8.79. The van der Waals surface area contributed by atoms with Gasteiger partial charge >= 0.3 is 0 Å². The van der Waals surface area contributed by atoms with Crippen LogP contribution in [0.15, 0.2) is 35.3 Å². The normalized spacial score (nSPS) is 20.1. The van der Waals surface area contributed by atoms with E-state index in [2.05, 4.69) is 69.5 Å². The van der Waals surface area contributed by atoms with Gasteiger partial charge in [0.1, 0.15) is 0 Å². The van der Waals surface area contributed by atoms with Crippen molar-refractivity contribution in [3.63, 3.8) is 0 Å². The molecule has 0 bridgehead atoms. The van der Waals surface area contributed by atoms with Gasteiger partial charge in [-0.3, -0.25) is 9.89 Å². The fourth-order valence-corrected chi connectivity index (χ4v) is 4.56. The average molecular weight is 429 g/mol. The molecule has 174 valence electrons. The zero-order valence-electron chi connectivity index (χ0n) is 19.9. The van der Waals surface area contributed by atoms with E-state index >= 15 is 0 Å². The van der Waals surface area contributed by atoms with Crippen molar-refractivity contribution in [2.24, 2.45) is 4.99 Å². The lowest BCUT2D eigenvalue weighted by molar-refractivity contribution is 0.136. The van der Waals surface area contributed by atoms with Gasteiger partial charge in [-0.25, -0.2) is 0 Å². The molecule has 2 aliphatic rings. The number of rotatable bonds is 10. The second kappa shape index (κ2) is 13.7. The minimum absolute atomic E-state index is 0.527. The number of hydrogen-bond donors (Lipinski definition) is 2. The van der Waals surface area contributed by atoms with Crippen LogP contribution in [0.25, 0.3) is 0 Å². The van der Waals surface area contributed by atoms with Crippen LogP contribution in [0, 0.1) is 0 Å². The van der Waals surface area contributed by atoms with Gasteiger partial charge in [0.15, 0.2) is 5.96 Å². The Labute approximate surface area is 190 Å². The van der Waals surface area contributed by atoms with Gasteiger partial charge in [0.25, 0.3) is 0 Å². The van der Waals surface area contributed by atoms with Gasteiger partial charge in [0.05, 0.1) is 0 Å². The molecule has 0 atom stereocenters. The van der Waals surface area contributed by atoms with Crippen molar-refractivity contribution in [2.75, 3.05) is 65.4 Å². The first kappa shape index (κ1) is 24.0. The molecule has 0 saturated carbocycles. The molecule has 2 aliphatic heterocycles. The fraction of sp³-hybridized carbons (Fsp3) is 0.720. The van der Waals surface area contributed by atoms with Crippen molar-refractivity contribution in [3.05, 3.63) is 35.9 Å². The number of likely N-dealkylation sites (N-methyl/N-ethyl adjacent to an activating group) is 1. The van der Waals surface area contributed by atoms with E-state index < -0.39 is 0 Å². The molecule has 0 unspecified atom stereocenters. The Morgan fingerprint density at radius 3 is 2.29 bits per heavy atom. The average Bonchev–Trinajstić information content (AvgIpc) is 2.81. The first-order valence-corrected chi connectivity index (χ1v) is 12.5. The summed E-state index contributed by atoms with van der Waals surface area (Å²) in [5.74, 6) is 1.00. The highest BCUT2D eigenvalue weighted by atomic mass is 15.3. The zero-order chi connectivity index (χ0) is 21.7. The highest BCUT2D eigenvalue weighted by Crippen LogP contribution is 2.14. The van der Waals surface area contributed by atoms with E-state index in [0.29, 0.717) is 6.04 Å². The summed E-state index contributed by atoms with van der Waals surface area (Å²) in [6, 6.07) is 11.3. The summed E-state index contributed by atoms with van der Waals surface area (Å²) in [6.45, 7) is 16.9. The van der Waals surface area contributed by atoms with Crippen LogP contribution >= 0.6 is 0 Å². The molecule has 2 saturated heterocycles. The van der Waals surface area contributed by atoms with E-state index in [1.54, 1.807) is 0 Å². The molecular weight excluding hydrogens is 384 g/mol. The molecule has 0 aliphatic carbocycles. The van der Waals surface area contributed by atoms with Crippen LogP contribution < -0.4 is 10.6 Å². The lowest BCUT2D eigenvalue weighted by atomic mass is 10.0. The van der Waals surface area contributed by atoms with Gasteiger partial charge in [-0.05, 0) is 51.3 Å². The zero-order valence-corrected chi connectivity index (χ0v) is 19.9. The first-order valence-electron chi connectivity index (χ1n) is 12.5. The minimum atomic E-state index is 0.527. The summed E-state index contributed by atoms with van der Waals surface area (Å²) < 4.78 is 0. The maximum absolute atomic E-state index is 4.86. The summed E-state index contributed by atoms with van der Waals surface area (Å²) in [7, 11) is 0. The monoisotopic (exact) mass is 428 g/mol.